The molecule has 0 unspecified atom stereocenters. The van der Waals surface area contributed by atoms with E-state index in [9.17, 15) is 4.79 Å². The van der Waals surface area contributed by atoms with Crippen LogP contribution in [-0.4, -0.2) is 17.3 Å². The highest BCUT2D eigenvalue weighted by molar-refractivity contribution is 6.10. The molecule has 0 atom stereocenters. The predicted octanol–water partition coefficient (Wildman–Crippen LogP) is 2.40. The molecule has 1 aromatic heterocycles. The SMILES string of the molecule is CC(C)(CN)C(=O)c1cccc2cnccc12. The third kappa shape index (κ3) is 2.06. The zero-order chi connectivity index (χ0) is 12.5. The molecule has 0 radical (unpaired) electrons. The van der Waals surface area contributed by atoms with Crippen molar-refractivity contribution in [3.63, 3.8) is 0 Å². The molecule has 2 aromatic rings. The lowest BCUT2D eigenvalue weighted by atomic mass is 9.83. The zero-order valence-corrected chi connectivity index (χ0v) is 10.1. The van der Waals surface area contributed by atoms with Crippen LogP contribution in [0.3, 0.4) is 0 Å². The Morgan fingerprint density at radius 3 is 2.82 bits per heavy atom. The third-order valence-electron chi connectivity index (χ3n) is 3.05. The molecule has 0 spiro atoms. The molecule has 17 heavy (non-hydrogen) atoms. The summed E-state index contributed by atoms with van der Waals surface area (Å²) in [5.41, 5.74) is 5.85. The van der Waals surface area contributed by atoms with Gasteiger partial charge in [0.1, 0.15) is 0 Å². The molecular formula is C14H16N2O. The zero-order valence-electron chi connectivity index (χ0n) is 10.1. The molecule has 0 amide bonds. The highest BCUT2D eigenvalue weighted by Gasteiger charge is 2.27. The van der Waals surface area contributed by atoms with Crippen LogP contribution in [0.2, 0.25) is 0 Å². The van der Waals surface area contributed by atoms with Crippen LogP contribution in [0, 0.1) is 5.41 Å². The average molecular weight is 228 g/mol. The first-order chi connectivity index (χ1) is 8.06. The van der Waals surface area contributed by atoms with Crippen LogP contribution in [0.25, 0.3) is 10.8 Å². The summed E-state index contributed by atoms with van der Waals surface area (Å²) < 4.78 is 0. The minimum absolute atomic E-state index is 0.0804. The quantitative estimate of drug-likeness (QED) is 0.821. The van der Waals surface area contributed by atoms with Crippen LogP contribution >= 0.6 is 0 Å². The van der Waals surface area contributed by atoms with E-state index in [0.717, 1.165) is 16.3 Å². The number of rotatable bonds is 3. The number of nitrogens with two attached hydrogens (primary N) is 1. The predicted molar refractivity (Wildman–Crippen MR) is 68.9 cm³/mol. The van der Waals surface area contributed by atoms with E-state index < -0.39 is 5.41 Å². The fourth-order valence-corrected chi connectivity index (χ4v) is 1.78. The maximum Gasteiger partial charge on any atom is 0.170 e. The number of hydrogen-bond acceptors (Lipinski definition) is 3. The monoisotopic (exact) mass is 228 g/mol. The number of pyridine rings is 1. The van der Waals surface area contributed by atoms with E-state index >= 15 is 0 Å². The number of carbonyl (C=O) groups excluding carboxylic acids is 1. The molecule has 88 valence electrons. The lowest BCUT2D eigenvalue weighted by Gasteiger charge is -2.21. The van der Waals surface area contributed by atoms with E-state index in [1.807, 2.05) is 38.1 Å². The Balaban J connectivity index is 2.60. The van der Waals surface area contributed by atoms with Crippen molar-refractivity contribution >= 4 is 16.6 Å². The van der Waals surface area contributed by atoms with Crippen LogP contribution < -0.4 is 5.73 Å². The summed E-state index contributed by atoms with van der Waals surface area (Å²) in [6.45, 7) is 4.08. The topological polar surface area (TPSA) is 56.0 Å². The fraction of sp³-hybridized carbons (Fsp3) is 0.286. The second kappa shape index (κ2) is 4.26. The largest absolute Gasteiger partial charge is 0.329 e. The summed E-state index contributed by atoms with van der Waals surface area (Å²) in [7, 11) is 0. The van der Waals surface area contributed by atoms with E-state index in [1.54, 1.807) is 12.4 Å². The van der Waals surface area contributed by atoms with Gasteiger partial charge in [-0.2, -0.15) is 0 Å². The Morgan fingerprint density at radius 2 is 2.12 bits per heavy atom. The standard InChI is InChI=1S/C14H16N2O/c1-14(2,9-15)13(17)12-5-3-4-10-8-16-7-6-11(10)12/h3-8H,9,15H2,1-2H3. The normalized spacial score (nSPS) is 11.7. The minimum Gasteiger partial charge on any atom is -0.329 e. The summed E-state index contributed by atoms with van der Waals surface area (Å²) in [5.74, 6) is 0.0804. The number of Topliss-reactive ketones (excluding diaryl/α,β-unsaturated/α-hetero) is 1. The van der Waals surface area contributed by atoms with E-state index in [1.165, 1.54) is 0 Å². The molecule has 0 saturated heterocycles. The second-order valence-corrected chi connectivity index (χ2v) is 4.82. The number of nitrogens with zero attached hydrogens (tertiary/aromatic N) is 1. The average Bonchev–Trinajstić information content (AvgIpc) is 2.37. The van der Waals surface area contributed by atoms with Crippen LogP contribution in [0.15, 0.2) is 36.7 Å². The van der Waals surface area contributed by atoms with Crippen molar-refractivity contribution in [1.29, 1.82) is 0 Å². The van der Waals surface area contributed by atoms with Gasteiger partial charge < -0.3 is 5.73 Å². The molecule has 0 saturated carbocycles. The lowest BCUT2D eigenvalue weighted by Crippen LogP contribution is -2.32. The van der Waals surface area contributed by atoms with Crippen LogP contribution in [0.1, 0.15) is 24.2 Å². The number of hydrogen-bond donors (Lipinski definition) is 1. The first-order valence-corrected chi connectivity index (χ1v) is 5.64. The molecule has 0 bridgehead atoms. The van der Waals surface area contributed by atoms with Gasteiger partial charge >= 0.3 is 0 Å². The summed E-state index contributed by atoms with van der Waals surface area (Å²) in [4.78, 5) is 16.5. The summed E-state index contributed by atoms with van der Waals surface area (Å²) in [6, 6.07) is 7.55. The third-order valence-corrected chi connectivity index (χ3v) is 3.05. The van der Waals surface area contributed by atoms with Gasteiger partial charge in [0.05, 0.1) is 0 Å². The molecule has 0 aliphatic rings. The van der Waals surface area contributed by atoms with Crippen LogP contribution in [0.5, 0.6) is 0 Å². The number of carbonyl (C=O) groups is 1. The summed E-state index contributed by atoms with van der Waals surface area (Å²) in [5, 5.41) is 1.92. The van der Waals surface area contributed by atoms with Crippen molar-refractivity contribution in [1.82, 2.24) is 4.98 Å². The second-order valence-electron chi connectivity index (χ2n) is 4.82. The van der Waals surface area contributed by atoms with Crippen molar-refractivity contribution in [3.05, 3.63) is 42.2 Å². The fourth-order valence-electron chi connectivity index (χ4n) is 1.78. The Bertz CT molecular complexity index is 556. The van der Waals surface area contributed by atoms with Gasteiger partial charge in [-0.3, -0.25) is 9.78 Å². The molecular weight excluding hydrogens is 212 g/mol. The van der Waals surface area contributed by atoms with Gasteiger partial charge in [-0.1, -0.05) is 32.0 Å². The maximum absolute atomic E-state index is 12.4. The van der Waals surface area contributed by atoms with Crippen LogP contribution in [0.4, 0.5) is 0 Å². The number of benzene rings is 1. The van der Waals surface area contributed by atoms with Crippen molar-refractivity contribution in [3.8, 4) is 0 Å². The molecule has 3 heteroatoms. The van der Waals surface area contributed by atoms with Crippen molar-refractivity contribution in [2.45, 2.75) is 13.8 Å². The van der Waals surface area contributed by atoms with Gasteiger partial charge in [0.2, 0.25) is 0 Å². The van der Waals surface area contributed by atoms with Crippen molar-refractivity contribution < 1.29 is 4.79 Å². The Kier molecular flexibility index (Phi) is 2.94. The Hall–Kier alpha value is -1.74. The molecule has 3 nitrogen and oxygen atoms in total. The van der Waals surface area contributed by atoms with Gasteiger partial charge in [-0.05, 0) is 11.5 Å². The van der Waals surface area contributed by atoms with Crippen molar-refractivity contribution in [2.75, 3.05) is 6.54 Å². The van der Waals surface area contributed by atoms with Gasteiger partial charge in [0.15, 0.2) is 5.78 Å². The Morgan fingerprint density at radius 1 is 1.35 bits per heavy atom. The molecule has 1 heterocycles. The lowest BCUT2D eigenvalue weighted by molar-refractivity contribution is 0.0849. The minimum atomic E-state index is -0.530. The first kappa shape index (κ1) is 11.7. The van der Waals surface area contributed by atoms with Gasteiger partial charge in [0.25, 0.3) is 0 Å². The van der Waals surface area contributed by atoms with Gasteiger partial charge in [-0.15, -0.1) is 0 Å². The number of fused-ring (bicyclic) bond motifs is 1. The molecule has 0 aliphatic heterocycles. The van der Waals surface area contributed by atoms with E-state index in [0.29, 0.717) is 6.54 Å². The van der Waals surface area contributed by atoms with E-state index in [4.69, 9.17) is 5.73 Å². The van der Waals surface area contributed by atoms with Crippen molar-refractivity contribution in [2.24, 2.45) is 11.1 Å². The van der Waals surface area contributed by atoms with Crippen LogP contribution in [-0.2, 0) is 0 Å². The molecule has 0 fully saturated rings. The molecule has 1 aromatic carbocycles. The maximum atomic E-state index is 12.4. The van der Waals surface area contributed by atoms with Gasteiger partial charge in [-0.25, -0.2) is 0 Å². The Labute approximate surface area is 101 Å². The molecule has 2 N–H and O–H groups in total. The smallest absolute Gasteiger partial charge is 0.170 e. The summed E-state index contributed by atoms with van der Waals surface area (Å²) in [6.07, 6.45) is 3.47. The highest BCUT2D eigenvalue weighted by atomic mass is 16.1. The number of ketones is 1. The van der Waals surface area contributed by atoms with Gasteiger partial charge in [0, 0.05) is 35.3 Å². The number of aromatic nitrogens is 1. The first-order valence-electron chi connectivity index (χ1n) is 5.64. The van der Waals surface area contributed by atoms with E-state index in [-0.39, 0.29) is 5.78 Å². The molecule has 2 rings (SSSR count). The molecule has 0 aliphatic carbocycles. The summed E-state index contributed by atoms with van der Waals surface area (Å²) >= 11 is 0. The van der Waals surface area contributed by atoms with E-state index in [2.05, 4.69) is 4.98 Å². The highest BCUT2D eigenvalue weighted by Crippen LogP contribution is 2.25.